The predicted molar refractivity (Wildman–Crippen MR) is 54.5 cm³/mol. The quantitative estimate of drug-likeness (QED) is 0.756. The summed E-state index contributed by atoms with van der Waals surface area (Å²) in [5.74, 6) is 0. The zero-order chi connectivity index (χ0) is 10.8. The maximum Gasteiger partial charge on any atom is 0.309 e. The second-order valence-corrected chi connectivity index (χ2v) is 4.88. The molecule has 0 aliphatic carbocycles. The lowest BCUT2D eigenvalue weighted by atomic mass is 10.1. The van der Waals surface area contributed by atoms with Crippen LogP contribution in [0.25, 0.3) is 0 Å². The Kier molecular flexibility index (Phi) is 3.50. The Bertz CT molecular complexity index is 417. The van der Waals surface area contributed by atoms with Gasteiger partial charge < -0.3 is 0 Å². The maximum absolute atomic E-state index is 12.8. The first-order chi connectivity index (χ1) is 6.45. The zero-order valence-corrected chi connectivity index (χ0v) is 9.15. The summed E-state index contributed by atoms with van der Waals surface area (Å²) < 4.78 is 34.3. The average molecular weight is 237 g/mol. The smallest absolute Gasteiger partial charge is 0.194 e. The predicted octanol–water partition coefficient (Wildman–Crippen LogP) is 3.09. The first-order valence-corrected chi connectivity index (χ1v) is 5.96. The molecule has 2 nitrogen and oxygen atoms in total. The Balaban J connectivity index is 3.14. The minimum Gasteiger partial charge on any atom is -0.194 e. The van der Waals surface area contributed by atoms with Crippen LogP contribution >= 0.6 is 11.6 Å². The highest BCUT2D eigenvalue weighted by Gasteiger charge is 2.24. The molecule has 0 N–H and O–H groups in total. The van der Waals surface area contributed by atoms with Crippen molar-refractivity contribution in [3.8, 4) is 0 Å². The van der Waals surface area contributed by atoms with E-state index in [9.17, 15) is 12.3 Å². The molecule has 0 amide bonds. The molecule has 0 bridgehead atoms. The largest absolute Gasteiger partial charge is 0.309 e. The molecular weight excluding hydrogens is 227 g/mol. The van der Waals surface area contributed by atoms with E-state index >= 15 is 0 Å². The molecule has 1 unspecified atom stereocenters. The topological polar surface area (TPSA) is 34.1 Å². The van der Waals surface area contributed by atoms with Crippen molar-refractivity contribution in [1.29, 1.82) is 0 Å². The van der Waals surface area contributed by atoms with E-state index in [1.165, 1.54) is 6.07 Å². The molecule has 1 rings (SSSR count). The van der Waals surface area contributed by atoms with Crippen LogP contribution in [0.1, 0.15) is 24.2 Å². The summed E-state index contributed by atoms with van der Waals surface area (Å²) >= 11 is 5.68. The molecule has 1 aromatic rings. The molecule has 0 saturated carbocycles. The molecule has 1 aromatic carbocycles. The Morgan fingerprint density at radius 1 is 1.50 bits per heavy atom. The molecule has 0 heterocycles. The van der Waals surface area contributed by atoms with Crippen molar-refractivity contribution < 1.29 is 12.3 Å². The molecule has 0 radical (unpaired) electrons. The normalized spacial score (nSPS) is 13.9. The summed E-state index contributed by atoms with van der Waals surface area (Å²) in [6, 6.07) is 6.23. The van der Waals surface area contributed by atoms with Crippen LogP contribution in [-0.2, 0) is 10.2 Å². The van der Waals surface area contributed by atoms with E-state index < -0.39 is 15.5 Å². The first kappa shape index (κ1) is 11.5. The van der Waals surface area contributed by atoms with Crippen LogP contribution in [0.4, 0.5) is 3.89 Å². The lowest BCUT2D eigenvalue weighted by molar-refractivity contribution is 0.533. The van der Waals surface area contributed by atoms with Gasteiger partial charge >= 0.3 is 10.2 Å². The van der Waals surface area contributed by atoms with Crippen molar-refractivity contribution in [1.82, 2.24) is 0 Å². The van der Waals surface area contributed by atoms with E-state index in [0.717, 1.165) is 0 Å². The number of hydrogen-bond donors (Lipinski definition) is 0. The van der Waals surface area contributed by atoms with E-state index in [4.69, 9.17) is 11.6 Å². The fourth-order valence-corrected chi connectivity index (χ4v) is 2.37. The Morgan fingerprint density at radius 3 is 2.57 bits per heavy atom. The highest BCUT2D eigenvalue weighted by atomic mass is 35.5. The summed E-state index contributed by atoms with van der Waals surface area (Å²) in [5.41, 5.74) is 0.391. The van der Waals surface area contributed by atoms with Gasteiger partial charge in [0.25, 0.3) is 0 Å². The molecule has 0 fully saturated rings. The molecule has 5 heteroatoms. The number of rotatable bonds is 3. The molecule has 1 atom stereocenters. The zero-order valence-electron chi connectivity index (χ0n) is 7.57. The highest BCUT2D eigenvalue weighted by Crippen LogP contribution is 2.28. The fourth-order valence-electron chi connectivity index (χ4n) is 1.30. The van der Waals surface area contributed by atoms with E-state index in [-0.39, 0.29) is 6.42 Å². The Hall–Kier alpha value is -0.610. The van der Waals surface area contributed by atoms with Crippen LogP contribution in [0.15, 0.2) is 24.3 Å². The van der Waals surface area contributed by atoms with Gasteiger partial charge in [-0.25, -0.2) is 0 Å². The molecule has 0 aliphatic rings. The summed E-state index contributed by atoms with van der Waals surface area (Å²) in [7, 11) is -4.54. The third kappa shape index (κ3) is 2.69. The molecule has 0 aliphatic heterocycles. The lowest BCUT2D eigenvalue weighted by Crippen LogP contribution is -2.06. The SMILES string of the molecule is CCC(c1cccc(Cl)c1)S(=O)(=O)F. The number of benzene rings is 1. The molecule has 0 aromatic heterocycles. The minimum atomic E-state index is -4.54. The Morgan fingerprint density at radius 2 is 2.14 bits per heavy atom. The molecule has 0 spiro atoms. The monoisotopic (exact) mass is 236 g/mol. The highest BCUT2D eigenvalue weighted by molar-refractivity contribution is 7.86. The van der Waals surface area contributed by atoms with E-state index in [1.807, 2.05) is 0 Å². The van der Waals surface area contributed by atoms with E-state index in [1.54, 1.807) is 25.1 Å². The Labute approximate surface area is 87.9 Å². The van der Waals surface area contributed by atoms with E-state index in [0.29, 0.717) is 10.6 Å². The van der Waals surface area contributed by atoms with Crippen LogP contribution in [0.3, 0.4) is 0 Å². The van der Waals surface area contributed by atoms with Crippen LogP contribution in [-0.4, -0.2) is 8.42 Å². The van der Waals surface area contributed by atoms with Gasteiger partial charge in [0.15, 0.2) is 0 Å². The van der Waals surface area contributed by atoms with Crippen molar-refractivity contribution in [3.63, 3.8) is 0 Å². The van der Waals surface area contributed by atoms with Gasteiger partial charge in [-0.05, 0) is 24.1 Å². The minimum absolute atomic E-state index is 0.194. The van der Waals surface area contributed by atoms with Crippen LogP contribution in [0.5, 0.6) is 0 Å². The van der Waals surface area contributed by atoms with Gasteiger partial charge in [0.05, 0.1) is 0 Å². The molecule has 78 valence electrons. The molecule has 0 saturated heterocycles. The van der Waals surface area contributed by atoms with Crippen LogP contribution in [0, 0.1) is 0 Å². The third-order valence-corrected chi connectivity index (χ3v) is 3.45. The van der Waals surface area contributed by atoms with Gasteiger partial charge in [0, 0.05) is 5.02 Å². The number of hydrogen-bond acceptors (Lipinski definition) is 2. The standard InChI is InChI=1S/C9H10ClFO2S/c1-2-9(14(11,12)13)7-4-3-5-8(10)6-7/h3-6,9H,2H2,1H3. The van der Waals surface area contributed by atoms with Crippen molar-refractivity contribution in [2.24, 2.45) is 0 Å². The van der Waals surface area contributed by atoms with Gasteiger partial charge in [-0.1, -0.05) is 30.7 Å². The summed E-state index contributed by atoms with van der Waals surface area (Å²) in [6.45, 7) is 1.61. The second-order valence-electron chi connectivity index (χ2n) is 2.93. The first-order valence-electron chi connectivity index (χ1n) is 4.14. The van der Waals surface area contributed by atoms with E-state index in [2.05, 4.69) is 0 Å². The summed E-state index contributed by atoms with van der Waals surface area (Å²) in [4.78, 5) is 0. The van der Waals surface area contributed by atoms with Crippen LogP contribution in [0.2, 0.25) is 5.02 Å². The average Bonchev–Trinajstić information content (AvgIpc) is 2.02. The van der Waals surface area contributed by atoms with Gasteiger partial charge in [0.1, 0.15) is 5.25 Å². The van der Waals surface area contributed by atoms with Crippen molar-refractivity contribution in [3.05, 3.63) is 34.9 Å². The second kappa shape index (κ2) is 4.28. The summed E-state index contributed by atoms with van der Waals surface area (Å²) in [6.07, 6.45) is 0.194. The van der Waals surface area contributed by atoms with Gasteiger partial charge in [-0.15, -0.1) is 3.89 Å². The van der Waals surface area contributed by atoms with Crippen LogP contribution < -0.4 is 0 Å². The maximum atomic E-state index is 12.8. The van der Waals surface area contributed by atoms with Gasteiger partial charge in [-0.2, -0.15) is 8.42 Å². The van der Waals surface area contributed by atoms with Crippen molar-refractivity contribution in [2.75, 3.05) is 0 Å². The number of halogens is 2. The van der Waals surface area contributed by atoms with Crippen molar-refractivity contribution >= 4 is 21.8 Å². The molecule has 14 heavy (non-hydrogen) atoms. The summed E-state index contributed by atoms with van der Waals surface area (Å²) in [5, 5.41) is -0.703. The van der Waals surface area contributed by atoms with Gasteiger partial charge in [0.2, 0.25) is 0 Å². The third-order valence-electron chi connectivity index (χ3n) is 1.93. The fraction of sp³-hybridized carbons (Fsp3) is 0.333. The lowest BCUT2D eigenvalue weighted by Gasteiger charge is -2.10. The molecular formula is C9H10ClFO2S. The van der Waals surface area contributed by atoms with Crippen molar-refractivity contribution in [2.45, 2.75) is 18.6 Å². The van der Waals surface area contributed by atoms with Gasteiger partial charge in [-0.3, -0.25) is 0 Å².